The van der Waals surface area contributed by atoms with Crippen LogP contribution in [0.15, 0.2) is 0 Å². The normalized spacial score (nSPS) is 25.6. The minimum Gasteiger partial charge on any atom is -0.480 e. The van der Waals surface area contributed by atoms with Crippen molar-refractivity contribution in [2.24, 2.45) is 11.8 Å². The second-order valence-corrected chi connectivity index (χ2v) is 5.29. The average molecular weight is 242 g/mol. The molecule has 3 atom stereocenters. The molecule has 98 valence electrons. The number of amides is 2. The maximum atomic E-state index is 11.6. The van der Waals surface area contributed by atoms with E-state index in [9.17, 15) is 9.59 Å². The maximum absolute atomic E-state index is 11.6. The summed E-state index contributed by atoms with van der Waals surface area (Å²) < 4.78 is 0. The van der Waals surface area contributed by atoms with Gasteiger partial charge in [0.1, 0.15) is 6.04 Å². The molecule has 0 bridgehead atoms. The van der Waals surface area contributed by atoms with Gasteiger partial charge in [0.05, 0.1) is 0 Å². The van der Waals surface area contributed by atoms with E-state index in [2.05, 4.69) is 17.6 Å². The number of carbonyl (C=O) groups excluding carboxylic acids is 1. The van der Waals surface area contributed by atoms with E-state index in [1.807, 2.05) is 0 Å². The van der Waals surface area contributed by atoms with Crippen molar-refractivity contribution in [3.8, 4) is 0 Å². The summed E-state index contributed by atoms with van der Waals surface area (Å²) in [6, 6.07) is -1.01. The Morgan fingerprint density at radius 1 is 1.29 bits per heavy atom. The Morgan fingerprint density at radius 2 is 1.94 bits per heavy atom. The summed E-state index contributed by atoms with van der Waals surface area (Å²) in [7, 11) is 0. The highest BCUT2D eigenvalue weighted by Gasteiger charge is 2.26. The first-order valence-corrected chi connectivity index (χ1v) is 6.20. The molecule has 1 fully saturated rings. The molecule has 5 heteroatoms. The van der Waals surface area contributed by atoms with E-state index in [1.165, 1.54) is 0 Å². The van der Waals surface area contributed by atoms with E-state index in [4.69, 9.17) is 5.11 Å². The zero-order valence-corrected chi connectivity index (χ0v) is 10.7. The van der Waals surface area contributed by atoms with Gasteiger partial charge < -0.3 is 15.7 Å². The molecule has 3 unspecified atom stereocenters. The number of urea groups is 1. The van der Waals surface area contributed by atoms with Crippen molar-refractivity contribution < 1.29 is 14.7 Å². The van der Waals surface area contributed by atoms with Crippen LogP contribution in [0.2, 0.25) is 0 Å². The predicted molar refractivity (Wildman–Crippen MR) is 64.7 cm³/mol. The summed E-state index contributed by atoms with van der Waals surface area (Å²) in [6.45, 7) is 5.71. The number of hydrogen-bond acceptors (Lipinski definition) is 2. The van der Waals surface area contributed by atoms with Crippen molar-refractivity contribution in [3.63, 3.8) is 0 Å². The van der Waals surface area contributed by atoms with Gasteiger partial charge in [-0.05, 0) is 31.1 Å². The van der Waals surface area contributed by atoms with E-state index in [1.54, 1.807) is 13.8 Å². The van der Waals surface area contributed by atoms with Crippen LogP contribution in [-0.2, 0) is 4.79 Å². The summed E-state index contributed by atoms with van der Waals surface area (Å²) in [6.07, 6.45) is 3.08. The molecule has 17 heavy (non-hydrogen) atoms. The molecule has 0 saturated heterocycles. The van der Waals surface area contributed by atoms with Crippen molar-refractivity contribution in [1.29, 1.82) is 0 Å². The number of carboxylic acid groups (broad SMARTS) is 1. The zero-order chi connectivity index (χ0) is 13.0. The molecule has 0 aliphatic heterocycles. The van der Waals surface area contributed by atoms with Gasteiger partial charge in [0.15, 0.2) is 0 Å². The van der Waals surface area contributed by atoms with Crippen LogP contribution in [0.4, 0.5) is 4.79 Å². The van der Waals surface area contributed by atoms with Crippen LogP contribution in [0.1, 0.15) is 40.0 Å². The first kappa shape index (κ1) is 13.8. The molecule has 0 spiro atoms. The lowest BCUT2D eigenvalue weighted by atomic mass is 10.1. The first-order valence-electron chi connectivity index (χ1n) is 6.20. The van der Waals surface area contributed by atoms with Crippen molar-refractivity contribution in [1.82, 2.24) is 10.6 Å². The van der Waals surface area contributed by atoms with E-state index < -0.39 is 12.0 Å². The van der Waals surface area contributed by atoms with Gasteiger partial charge in [0.2, 0.25) is 0 Å². The third-order valence-corrected chi connectivity index (χ3v) is 3.25. The van der Waals surface area contributed by atoms with E-state index in [0.29, 0.717) is 5.92 Å². The Balaban J connectivity index is 2.40. The highest BCUT2D eigenvalue weighted by Crippen LogP contribution is 2.24. The smallest absolute Gasteiger partial charge is 0.326 e. The zero-order valence-electron chi connectivity index (χ0n) is 10.7. The molecule has 0 aromatic heterocycles. The van der Waals surface area contributed by atoms with Gasteiger partial charge in [-0.2, -0.15) is 0 Å². The summed E-state index contributed by atoms with van der Waals surface area (Å²) in [4.78, 5) is 22.6. The standard InChI is InChI=1S/C12H22N2O3/c1-7(2)10(11(15)16)14-12(17)13-9-5-4-8(3)6-9/h7-10H,4-6H2,1-3H3,(H,15,16)(H2,13,14,17). The first-order chi connectivity index (χ1) is 7.90. The van der Waals surface area contributed by atoms with Gasteiger partial charge in [0, 0.05) is 6.04 Å². The van der Waals surface area contributed by atoms with Gasteiger partial charge in [-0.25, -0.2) is 9.59 Å². The monoisotopic (exact) mass is 242 g/mol. The SMILES string of the molecule is CC1CCC(NC(=O)NC(C(=O)O)C(C)C)C1. The lowest BCUT2D eigenvalue weighted by Gasteiger charge is -2.20. The molecule has 1 aliphatic carbocycles. The number of aliphatic carboxylic acids is 1. The van der Waals surface area contributed by atoms with Gasteiger partial charge in [-0.3, -0.25) is 0 Å². The molecule has 0 aromatic carbocycles. The van der Waals surface area contributed by atoms with Crippen LogP contribution in [0.5, 0.6) is 0 Å². The fourth-order valence-corrected chi connectivity index (χ4v) is 2.22. The molecule has 2 amide bonds. The van der Waals surface area contributed by atoms with E-state index >= 15 is 0 Å². The minimum atomic E-state index is -0.991. The second-order valence-electron chi connectivity index (χ2n) is 5.29. The Bertz CT molecular complexity index is 291. The largest absolute Gasteiger partial charge is 0.480 e. The van der Waals surface area contributed by atoms with Gasteiger partial charge in [-0.15, -0.1) is 0 Å². The fourth-order valence-electron chi connectivity index (χ4n) is 2.22. The molecule has 1 aliphatic rings. The van der Waals surface area contributed by atoms with Crippen LogP contribution in [0, 0.1) is 11.8 Å². The Hall–Kier alpha value is -1.26. The van der Waals surface area contributed by atoms with Crippen molar-refractivity contribution in [2.45, 2.75) is 52.1 Å². The summed E-state index contributed by atoms with van der Waals surface area (Å²) in [5.74, 6) is -0.476. The van der Waals surface area contributed by atoms with Crippen molar-refractivity contribution >= 4 is 12.0 Å². The molecular formula is C12H22N2O3. The number of hydrogen-bond donors (Lipinski definition) is 3. The second kappa shape index (κ2) is 5.89. The van der Waals surface area contributed by atoms with E-state index in [0.717, 1.165) is 19.3 Å². The number of rotatable bonds is 4. The summed E-state index contributed by atoms with van der Waals surface area (Å²) in [5.41, 5.74) is 0. The van der Waals surface area contributed by atoms with Crippen LogP contribution < -0.4 is 10.6 Å². The van der Waals surface area contributed by atoms with Crippen LogP contribution in [0.25, 0.3) is 0 Å². The van der Waals surface area contributed by atoms with E-state index in [-0.39, 0.29) is 18.0 Å². The number of nitrogens with one attached hydrogen (secondary N) is 2. The van der Waals surface area contributed by atoms with Crippen molar-refractivity contribution in [2.75, 3.05) is 0 Å². The Morgan fingerprint density at radius 3 is 2.35 bits per heavy atom. The molecule has 0 radical (unpaired) electrons. The molecule has 3 N–H and O–H groups in total. The molecule has 1 saturated carbocycles. The lowest BCUT2D eigenvalue weighted by Crippen LogP contribution is -2.50. The highest BCUT2D eigenvalue weighted by molar-refractivity contribution is 5.82. The third-order valence-electron chi connectivity index (χ3n) is 3.25. The quantitative estimate of drug-likeness (QED) is 0.700. The van der Waals surface area contributed by atoms with Gasteiger partial charge in [-0.1, -0.05) is 20.8 Å². The highest BCUT2D eigenvalue weighted by atomic mass is 16.4. The molecule has 5 nitrogen and oxygen atoms in total. The molecule has 0 heterocycles. The predicted octanol–water partition coefficient (Wildman–Crippen LogP) is 1.58. The van der Waals surface area contributed by atoms with Crippen LogP contribution >= 0.6 is 0 Å². The van der Waals surface area contributed by atoms with Gasteiger partial charge >= 0.3 is 12.0 Å². The number of carboxylic acids is 1. The maximum Gasteiger partial charge on any atom is 0.326 e. The number of carbonyl (C=O) groups is 2. The Kier molecular flexibility index (Phi) is 4.78. The third kappa shape index (κ3) is 4.24. The van der Waals surface area contributed by atoms with Gasteiger partial charge in [0.25, 0.3) is 0 Å². The van der Waals surface area contributed by atoms with Crippen LogP contribution in [0.3, 0.4) is 0 Å². The molecule has 0 aromatic rings. The summed E-state index contributed by atoms with van der Waals surface area (Å²) >= 11 is 0. The van der Waals surface area contributed by atoms with Crippen molar-refractivity contribution in [3.05, 3.63) is 0 Å². The lowest BCUT2D eigenvalue weighted by molar-refractivity contribution is -0.140. The summed E-state index contributed by atoms with van der Waals surface area (Å²) in [5, 5.41) is 14.3. The van der Waals surface area contributed by atoms with Crippen LogP contribution in [-0.4, -0.2) is 29.2 Å². The topological polar surface area (TPSA) is 78.4 Å². The molecule has 1 rings (SSSR count). The fraction of sp³-hybridized carbons (Fsp3) is 0.833. The molecular weight excluding hydrogens is 220 g/mol. The average Bonchev–Trinajstić information content (AvgIpc) is 2.59. The Labute approximate surface area is 102 Å². The minimum absolute atomic E-state index is 0.124.